The standard InChI is InChI=1S/C31H43N3O7S/c1-21-18-34(22(2)20-35)30(36)17-24-16-25(32-31(37)23-8-6-5-7-9-23)10-15-28(24)41-29(21)19-33(3)42(38,39)27-13-11-26(40-4)12-14-27/h10-16,21-23,29,35H,5-9,17-20H2,1-4H3,(H,32,37)/t21-,22-,29+/m1/s1. The van der Waals surface area contributed by atoms with Crippen LogP contribution >= 0.6 is 0 Å². The van der Waals surface area contributed by atoms with Gasteiger partial charge in [0.15, 0.2) is 0 Å². The van der Waals surface area contributed by atoms with Gasteiger partial charge in [0, 0.05) is 36.7 Å². The number of fused-ring (bicyclic) bond motifs is 1. The summed E-state index contributed by atoms with van der Waals surface area (Å²) < 4.78 is 39.7. The number of nitrogens with zero attached hydrogens (tertiary/aromatic N) is 2. The minimum atomic E-state index is -3.84. The van der Waals surface area contributed by atoms with Crippen LogP contribution in [0.2, 0.25) is 0 Å². The van der Waals surface area contributed by atoms with Crippen LogP contribution in [0.3, 0.4) is 0 Å². The Kier molecular flexibility index (Phi) is 10.5. The van der Waals surface area contributed by atoms with Crippen LogP contribution in [0.25, 0.3) is 0 Å². The number of aliphatic hydroxyl groups is 1. The molecular formula is C31H43N3O7S. The van der Waals surface area contributed by atoms with Crippen LogP contribution in [0, 0.1) is 11.8 Å². The first-order valence-corrected chi connectivity index (χ1v) is 16.1. The van der Waals surface area contributed by atoms with E-state index in [9.17, 15) is 23.1 Å². The normalized spacial score (nSPS) is 21.0. The van der Waals surface area contributed by atoms with E-state index in [2.05, 4.69) is 5.32 Å². The molecule has 2 amide bonds. The average molecular weight is 602 g/mol. The van der Waals surface area contributed by atoms with E-state index in [0.717, 1.165) is 32.1 Å². The Labute approximate surface area is 249 Å². The van der Waals surface area contributed by atoms with Gasteiger partial charge in [0.2, 0.25) is 21.8 Å². The van der Waals surface area contributed by atoms with Gasteiger partial charge in [0.05, 0.1) is 37.6 Å². The SMILES string of the molecule is COc1ccc(S(=O)(=O)N(C)C[C@@H]2Oc3ccc(NC(=O)C4CCCCC4)cc3CC(=O)N([C@H](C)CO)C[C@H]2C)cc1. The monoisotopic (exact) mass is 601 g/mol. The minimum Gasteiger partial charge on any atom is -0.497 e. The first-order chi connectivity index (χ1) is 20.0. The number of benzene rings is 2. The number of sulfonamides is 1. The van der Waals surface area contributed by atoms with E-state index in [1.54, 1.807) is 42.2 Å². The molecule has 1 heterocycles. The third kappa shape index (κ3) is 7.43. The Bertz CT molecular complexity index is 1340. The van der Waals surface area contributed by atoms with Crippen molar-refractivity contribution < 1.29 is 32.6 Å². The topological polar surface area (TPSA) is 125 Å². The molecule has 3 atom stereocenters. The van der Waals surface area contributed by atoms with Crippen LogP contribution in [0.1, 0.15) is 51.5 Å². The van der Waals surface area contributed by atoms with Crippen molar-refractivity contribution in [1.29, 1.82) is 0 Å². The lowest BCUT2D eigenvalue weighted by Gasteiger charge is -2.33. The molecule has 0 radical (unpaired) electrons. The molecule has 2 aliphatic rings. The van der Waals surface area contributed by atoms with E-state index in [-0.39, 0.29) is 54.7 Å². The number of nitrogens with one attached hydrogen (secondary N) is 1. The molecule has 0 saturated heterocycles. The van der Waals surface area contributed by atoms with E-state index in [1.165, 1.54) is 30.6 Å². The summed E-state index contributed by atoms with van der Waals surface area (Å²) in [5.41, 5.74) is 1.18. The lowest BCUT2D eigenvalue weighted by atomic mass is 9.88. The summed E-state index contributed by atoms with van der Waals surface area (Å²) in [4.78, 5) is 28.2. The second-order valence-corrected chi connectivity index (χ2v) is 13.5. The van der Waals surface area contributed by atoms with Gasteiger partial charge in [-0.2, -0.15) is 4.31 Å². The number of rotatable bonds is 9. The number of aliphatic hydroxyl groups excluding tert-OH is 1. The smallest absolute Gasteiger partial charge is 0.242 e. The lowest BCUT2D eigenvalue weighted by molar-refractivity contribution is -0.134. The predicted molar refractivity (Wildman–Crippen MR) is 160 cm³/mol. The van der Waals surface area contributed by atoms with Crippen molar-refractivity contribution in [3.8, 4) is 11.5 Å². The lowest BCUT2D eigenvalue weighted by Crippen LogP contribution is -2.48. The van der Waals surface area contributed by atoms with E-state index in [4.69, 9.17) is 9.47 Å². The Balaban J connectivity index is 1.61. The number of likely N-dealkylation sites (N-methyl/N-ethyl adjacent to an activating group) is 1. The highest BCUT2D eigenvalue weighted by Crippen LogP contribution is 2.31. The molecular weight excluding hydrogens is 558 g/mol. The zero-order chi connectivity index (χ0) is 30.4. The van der Waals surface area contributed by atoms with Crippen molar-refractivity contribution in [2.75, 3.05) is 39.2 Å². The maximum absolute atomic E-state index is 13.5. The number of anilines is 1. The summed E-state index contributed by atoms with van der Waals surface area (Å²) >= 11 is 0. The molecule has 10 nitrogen and oxygen atoms in total. The summed E-state index contributed by atoms with van der Waals surface area (Å²) in [5, 5.41) is 12.9. The molecule has 0 spiro atoms. The molecule has 2 N–H and O–H groups in total. The van der Waals surface area contributed by atoms with Gasteiger partial charge in [-0.05, 0) is 62.2 Å². The van der Waals surface area contributed by atoms with Crippen molar-refractivity contribution in [2.45, 2.75) is 69.4 Å². The van der Waals surface area contributed by atoms with Gasteiger partial charge in [0.25, 0.3) is 0 Å². The zero-order valence-electron chi connectivity index (χ0n) is 24.9. The number of ether oxygens (including phenoxy) is 2. The average Bonchev–Trinajstić information content (AvgIpc) is 3.04. The Morgan fingerprint density at radius 1 is 1.17 bits per heavy atom. The summed E-state index contributed by atoms with van der Waals surface area (Å²) in [6.07, 6.45) is 4.41. The number of hydrogen-bond acceptors (Lipinski definition) is 7. The fourth-order valence-corrected chi connectivity index (χ4v) is 6.80. The number of amides is 2. The number of methoxy groups -OCH3 is 1. The molecule has 0 unspecified atom stereocenters. The maximum Gasteiger partial charge on any atom is 0.242 e. The highest BCUT2D eigenvalue weighted by Gasteiger charge is 2.33. The predicted octanol–water partition coefficient (Wildman–Crippen LogP) is 3.68. The van der Waals surface area contributed by atoms with E-state index in [0.29, 0.717) is 22.7 Å². The number of hydrogen-bond donors (Lipinski definition) is 2. The molecule has 1 aliphatic carbocycles. The van der Waals surface area contributed by atoms with Gasteiger partial charge < -0.3 is 24.8 Å². The molecule has 0 bridgehead atoms. The first kappa shape index (κ1) is 31.8. The molecule has 42 heavy (non-hydrogen) atoms. The van der Waals surface area contributed by atoms with Gasteiger partial charge in [-0.15, -0.1) is 0 Å². The van der Waals surface area contributed by atoms with Crippen molar-refractivity contribution in [2.24, 2.45) is 11.8 Å². The Morgan fingerprint density at radius 2 is 1.86 bits per heavy atom. The van der Waals surface area contributed by atoms with Crippen molar-refractivity contribution in [1.82, 2.24) is 9.21 Å². The molecule has 2 aromatic rings. The van der Waals surface area contributed by atoms with Gasteiger partial charge in [0.1, 0.15) is 17.6 Å². The first-order valence-electron chi connectivity index (χ1n) is 14.6. The molecule has 230 valence electrons. The number of carbonyl (C=O) groups is 2. The zero-order valence-corrected chi connectivity index (χ0v) is 25.7. The number of carbonyl (C=O) groups excluding carboxylic acids is 2. The van der Waals surface area contributed by atoms with E-state index < -0.39 is 22.2 Å². The van der Waals surface area contributed by atoms with Crippen molar-refractivity contribution in [3.05, 3.63) is 48.0 Å². The summed E-state index contributed by atoms with van der Waals surface area (Å²) in [6.45, 7) is 3.79. The van der Waals surface area contributed by atoms with Gasteiger partial charge in [-0.3, -0.25) is 9.59 Å². The van der Waals surface area contributed by atoms with Crippen LogP contribution in [0.4, 0.5) is 5.69 Å². The Hall–Kier alpha value is -3.15. The molecule has 1 fully saturated rings. The van der Waals surface area contributed by atoms with Crippen LogP contribution in [-0.2, 0) is 26.0 Å². The van der Waals surface area contributed by atoms with Crippen LogP contribution < -0.4 is 14.8 Å². The molecule has 2 aromatic carbocycles. The fourth-order valence-electron chi connectivity index (χ4n) is 5.61. The van der Waals surface area contributed by atoms with Crippen molar-refractivity contribution in [3.63, 3.8) is 0 Å². The van der Waals surface area contributed by atoms with Crippen LogP contribution in [-0.4, -0.2) is 80.5 Å². The highest BCUT2D eigenvalue weighted by atomic mass is 32.2. The van der Waals surface area contributed by atoms with Crippen molar-refractivity contribution >= 4 is 27.5 Å². The molecule has 11 heteroatoms. The van der Waals surface area contributed by atoms with Gasteiger partial charge >= 0.3 is 0 Å². The maximum atomic E-state index is 13.5. The summed E-state index contributed by atoms with van der Waals surface area (Å²) in [5.74, 6) is 0.536. The third-order valence-electron chi connectivity index (χ3n) is 8.36. The molecule has 0 aromatic heterocycles. The third-order valence-corrected chi connectivity index (χ3v) is 10.2. The van der Waals surface area contributed by atoms with Crippen LogP contribution in [0.5, 0.6) is 11.5 Å². The van der Waals surface area contributed by atoms with Gasteiger partial charge in [-0.1, -0.05) is 26.2 Å². The van der Waals surface area contributed by atoms with Crippen LogP contribution in [0.15, 0.2) is 47.4 Å². The van der Waals surface area contributed by atoms with E-state index in [1.807, 2.05) is 6.92 Å². The highest BCUT2D eigenvalue weighted by molar-refractivity contribution is 7.89. The fraction of sp³-hybridized carbons (Fsp3) is 0.548. The molecule has 1 saturated carbocycles. The van der Waals surface area contributed by atoms with Gasteiger partial charge in [-0.25, -0.2) is 8.42 Å². The summed E-state index contributed by atoms with van der Waals surface area (Å²) in [6, 6.07) is 11.0. The second kappa shape index (κ2) is 13.9. The minimum absolute atomic E-state index is 0.0163. The Morgan fingerprint density at radius 3 is 2.50 bits per heavy atom. The quantitative estimate of drug-likeness (QED) is 0.449. The molecule has 4 rings (SSSR count). The molecule has 1 aliphatic heterocycles. The second-order valence-electron chi connectivity index (χ2n) is 11.5. The summed E-state index contributed by atoms with van der Waals surface area (Å²) in [7, 11) is -0.818. The largest absolute Gasteiger partial charge is 0.497 e. The van der Waals surface area contributed by atoms with E-state index >= 15 is 0 Å².